The van der Waals surface area contributed by atoms with E-state index in [1.807, 2.05) is 0 Å². The van der Waals surface area contributed by atoms with Crippen molar-refractivity contribution in [2.24, 2.45) is 11.8 Å². The molecule has 172 valence electrons. The highest BCUT2D eigenvalue weighted by Gasteiger charge is 2.51. The van der Waals surface area contributed by atoms with Crippen LogP contribution in [0.3, 0.4) is 0 Å². The summed E-state index contributed by atoms with van der Waals surface area (Å²) in [6.45, 7) is 17.8. The lowest BCUT2D eigenvalue weighted by molar-refractivity contribution is 0.130. The third kappa shape index (κ3) is 4.09. The van der Waals surface area contributed by atoms with Gasteiger partial charge in [0.25, 0.3) is 0 Å². The number of fused-ring (bicyclic) bond motifs is 3. The van der Waals surface area contributed by atoms with E-state index in [4.69, 9.17) is 4.74 Å². The molecular formula is C29H39FOSi. The second-order valence-corrected chi connectivity index (χ2v) is 16.6. The van der Waals surface area contributed by atoms with Gasteiger partial charge in [0.1, 0.15) is 17.2 Å². The molecule has 0 amide bonds. The summed E-state index contributed by atoms with van der Waals surface area (Å²) in [6, 6.07) is 12.4. The molecule has 0 spiro atoms. The van der Waals surface area contributed by atoms with Crippen LogP contribution >= 0.6 is 0 Å². The average Bonchev–Trinajstić information content (AvgIpc) is 3.05. The first-order chi connectivity index (χ1) is 14.9. The molecule has 2 aromatic carbocycles. The van der Waals surface area contributed by atoms with Crippen molar-refractivity contribution >= 4 is 19.3 Å². The number of allylic oxidation sites excluding steroid dienone is 1. The zero-order chi connectivity index (χ0) is 23.4. The third-order valence-corrected chi connectivity index (χ3v) is 11.9. The Balaban J connectivity index is 1.82. The van der Waals surface area contributed by atoms with Crippen molar-refractivity contribution < 1.29 is 9.13 Å². The first-order valence-corrected chi connectivity index (χ1v) is 15.3. The van der Waals surface area contributed by atoms with Crippen LogP contribution in [-0.4, -0.2) is 13.7 Å². The molecule has 0 bridgehead atoms. The minimum absolute atomic E-state index is 0.127. The molecule has 0 aromatic heterocycles. The van der Waals surface area contributed by atoms with Crippen molar-refractivity contribution in [2.75, 3.05) is 0 Å². The van der Waals surface area contributed by atoms with Crippen molar-refractivity contribution in [1.82, 2.24) is 0 Å². The summed E-state index contributed by atoms with van der Waals surface area (Å²) in [5.41, 5.74) is 4.09. The molecule has 4 atom stereocenters. The highest BCUT2D eigenvalue weighted by Crippen LogP contribution is 2.57. The molecule has 1 fully saturated rings. The van der Waals surface area contributed by atoms with Gasteiger partial charge >= 0.3 is 0 Å². The molecule has 4 rings (SSSR count). The zero-order valence-electron chi connectivity index (χ0n) is 21.0. The van der Waals surface area contributed by atoms with E-state index >= 15 is 0 Å². The van der Waals surface area contributed by atoms with Crippen molar-refractivity contribution in [3.8, 4) is 5.75 Å². The van der Waals surface area contributed by atoms with Crippen LogP contribution in [0.4, 0.5) is 4.39 Å². The van der Waals surface area contributed by atoms with E-state index in [1.165, 1.54) is 17.5 Å². The van der Waals surface area contributed by atoms with Crippen molar-refractivity contribution in [1.29, 1.82) is 0 Å². The van der Waals surface area contributed by atoms with Gasteiger partial charge in [0.15, 0.2) is 0 Å². The molecule has 2 aromatic rings. The molecule has 4 unspecified atom stereocenters. The van der Waals surface area contributed by atoms with Crippen molar-refractivity contribution in [2.45, 2.75) is 84.0 Å². The van der Waals surface area contributed by atoms with E-state index in [0.717, 1.165) is 16.5 Å². The molecule has 0 radical (unpaired) electrons. The molecule has 1 saturated carbocycles. The number of hydrogen-bond acceptors (Lipinski definition) is 1. The maximum atomic E-state index is 15.0. The molecule has 0 N–H and O–H groups in total. The summed E-state index contributed by atoms with van der Waals surface area (Å²) in [5.74, 6) is 2.71. The lowest BCUT2D eigenvalue weighted by atomic mass is 9.78. The van der Waals surface area contributed by atoms with Crippen LogP contribution in [0.2, 0.25) is 18.6 Å². The summed E-state index contributed by atoms with van der Waals surface area (Å²) in [6.07, 6.45) is 5.97. The van der Waals surface area contributed by atoms with Crippen LogP contribution in [0.5, 0.6) is 5.75 Å². The van der Waals surface area contributed by atoms with Gasteiger partial charge in [0.2, 0.25) is 0 Å². The molecule has 3 heteroatoms. The maximum Gasteiger partial charge on any atom is 0.123 e. The van der Waals surface area contributed by atoms with Gasteiger partial charge < -0.3 is 4.74 Å². The molecular weight excluding hydrogens is 411 g/mol. The first kappa shape index (κ1) is 23.3. The van der Waals surface area contributed by atoms with E-state index in [9.17, 15) is 4.39 Å². The van der Waals surface area contributed by atoms with Crippen molar-refractivity contribution in [3.05, 3.63) is 65.0 Å². The smallest absolute Gasteiger partial charge is 0.123 e. The molecule has 32 heavy (non-hydrogen) atoms. The summed E-state index contributed by atoms with van der Waals surface area (Å²) in [7, 11) is -2.09. The Morgan fingerprint density at radius 3 is 2.44 bits per heavy atom. The topological polar surface area (TPSA) is 9.23 Å². The van der Waals surface area contributed by atoms with Crippen LogP contribution < -0.4 is 9.92 Å². The van der Waals surface area contributed by atoms with Gasteiger partial charge in [-0.2, -0.15) is 0 Å². The molecule has 0 saturated heterocycles. The average molecular weight is 451 g/mol. The van der Waals surface area contributed by atoms with E-state index in [-0.39, 0.29) is 17.3 Å². The normalized spacial score (nSPS) is 25.1. The summed E-state index contributed by atoms with van der Waals surface area (Å²) >= 11 is 0. The van der Waals surface area contributed by atoms with E-state index in [0.29, 0.717) is 23.3 Å². The highest BCUT2D eigenvalue weighted by molar-refractivity contribution is 6.91. The SMILES string of the molecule is CC(C)c1cc(F)cc([Si](C)(C)C2CC(C)C3c4ccccc4C=CC32)c1OC(C)(C)C. The fraction of sp³-hybridized carbons (Fsp3) is 0.517. The van der Waals surface area contributed by atoms with Crippen molar-refractivity contribution in [3.63, 3.8) is 0 Å². The molecule has 1 nitrogen and oxygen atoms in total. The second kappa shape index (κ2) is 8.16. The van der Waals surface area contributed by atoms with Crippen LogP contribution in [-0.2, 0) is 0 Å². The molecule has 0 aliphatic heterocycles. The summed E-state index contributed by atoms with van der Waals surface area (Å²) in [5, 5.41) is 1.15. The van der Waals surface area contributed by atoms with Gasteiger partial charge in [-0.1, -0.05) is 70.3 Å². The summed E-state index contributed by atoms with van der Waals surface area (Å²) in [4.78, 5) is 0. The van der Waals surface area contributed by atoms with Gasteiger partial charge in [-0.25, -0.2) is 4.39 Å². The van der Waals surface area contributed by atoms with Gasteiger partial charge in [-0.15, -0.1) is 0 Å². The second-order valence-electron chi connectivity index (χ2n) is 11.9. The molecule has 2 aliphatic rings. The number of halogens is 1. The minimum Gasteiger partial charge on any atom is -0.488 e. The molecule has 0 heterocycles. The van der Waals surface area contributed by atoms with E-state index in [1.54, 1.807) is 12.1 Å². The van der Waals surface area contributed by atoms with Gasteiger partial charge in [0, 0.05) is 0 Å². The predicted molar refractivity (Wildman–Crippen MR) is 137 cm³/mol. The Labute approximate surface area is 195 Å². The van der Waals surface area contributed by atoms with Gasteiger partial charge in [-0.05, 0) is 90.4 Å². The number of ether oxygens (including phenoxy) is 1. The Hall–Kier alpha value is -1.87. The lowest BCUT2D eigenvalue weighted by Gasteiger charge is -2.39. The lowest BCUT2D eigenvalue weighted by Crippen LogP contribution is -2.49. The highest BCUT2D eigenvalue weighted by atomic mass is 28.3. The Bertz CT molecular complexity index is 1030. The standard InChI is InChI=1S/C29H39FOSi/c1-18(2)24-16-21(30)17-26(28(24)31-29(4,5)6)32(7,8)25-15-19(3)27-22-12-10-9-11-20(22)13-14-23(25)27/h9-14,16-19,23,25,27H,15H2,1-8H3. The Morgan fingerprint density at radius 2 is 1.78 bits per heavy atom. The van der Waals surface area contributed by atoms with E-state index < -0.39 is 8.07 Å². The zero-order valence-corrected chi connectivity index (χ0v) is 22.0. The Kier molecular flexibility index (Phi) is 5.94. The quantitative estimate of drug-likeness (QED) is 0.430. The minimum atomic E-state index is -2.09. The Morgan fingerprint density at radius 1 is 1.09 bits per heavy atom. The monoisotopic (exact) mass is 450 g/mol. The number of benzene rings is 2. The number of rotatable bonds is 4. The van der Waals surface area contributed by atoms with Crippen LogP contribution in [0.15, 0.2) is 42.5 Å². The largest absolute Gasteiger partial charge is 0.488 e. The third-order valence-electron chi connectivity index (χ3n) is 7.71. The maximum absolute atomic E-state index is 15.0. The van der Waals surface area contributed by atoms with Crippen LogP contribution in [0.1, 0.15) is 76.5 Å². The number of hydrogen-bond donors (Lipinski definition) is 0. The van der Waals surface area contributed by atoms with Gasteiger partial charge in [-0.3, -0.25) is 0 Å². The predicted octanol–water partition coefficient (Wildman–Crippen LogP) is 7.88. The first-order valence-electron chi connectivity index (χ1n) is 12.2. The fourth-order valence-corrected chi connectivity index (χ4v) is 10.1. The van der Waals surface area contributed by atoms with Crippen LogP contribution in [0.25, 0.3) is 6.08 Å². The van der Waals surface area contributed by atoms with Crippen LogP contribution in [0, 0.1) is 17.7 Å². The molecule has 2 aliphatic carbocycles. The fourth-order valence-electron chi connectivity index (χ4n) is 6.20. The van der Waals surface area contributed by atoms with Gasteiger partial charge in [0.05, 0.1) is 8.07 Å². The van der Waals surface area contributed by atoms with E-state index in [2.05, 4.69) is 91.1 Å². The summed E-state index contributed by atoms with van der Waals surface area (Å²) < 4.78 is 21.6.